The fraction of sp³-hybridized carbons (Fsp3) is 1.00. The number of hydrogen-bond acceptors (Lipinski definition) is 3. The molecule has 0 atom stereocenters. The normalized spacial score (nSPS) is 7.71. The fourth-order valence-corrected chi connectivity index (χ4v) is 0.180. The number of nitrogens with one attached hydrogen (secondary N) is 2. The Morgan fingerprint density at radius 2 is 2.14 bits per heavy atom. The molecule has 7 heavy (non-hydrogen) atoms. The van der Waals surface area contributed by atoms with Crippen LogP contribution in [-0.4, -0.2) is 22.5 Å². The van der Waals surface area contributed by atoms with E-state index in [1.807, 2.05) is 6.82 Å². The lowest BCUT2D eigenvalue weighted by Crippen LogP contribution is -2.40. The van der Waals surface area contributed by atoms with Crippen LogP contribution < -0.4 is 15.9 Å². The first-order chi connectivity index (χ1) is 3.41. The number of rotatable bonds is 4. The van der Waals surface area contributed by atoms with Gasteiger partial charge in [0.25, 0.3) is 15.1 Å². The van der Waals surface area contributed by atoms with Gasteiger partial charge < -0.3 is 15.9 Å². The first kappa shape index (κ1) is 7.07. The predicted octanol–water partition coefficient (Wildman–Crippen LogP) is -2.14. The van der Waals surface area contributed by atoms with Gasteiger partial charge in [-0.05, 0) is 0 Å². The van der Waals surface area contributed by atoms with Gasteiger partial charge in [0.15, 0.2) is 7.41 Å². The molecule has 0 saturated heterocycles. The molecule has 0 heterocycles. The second kappa shape index (κ2) is 6.07. The Morgan fingerprint density at radius 1 is 1.43 bits per heavy atom. The van der Waals surface area contributed by atoms with E-state index in [1.165, 1.54) is 7.55 Å². The average Bonchev–Trinajstić information content (AvgIpc) is 1.69. The summed E-state index contributed by atoms with van der Waals surface area (Å²) in [5, 5.41) is 5.41. The smallest absolute Gasteiger partial charge is 0.292 e. The van der Waals surface area contributed by atoms with Gasteiger partial charge in [0, 0.05) is 0 Å². The van der Waals surface area contributed by atoms with Crippen LogP contribution in [0.25, 0.3) is 0 Å². The van der Waals surface area contributed by atoms with E-state index in [2.05, 4.69) is 10.3 Å². The van der Waals surface area contributed by atoms with Crippen molar-refractivity contribution in [2.45, 2.75) is 6.82 Å². The molecule has 0 aromatic carbocycles. The van der Waals surface area contributed by atoms with Crippen molar-refractivity contribution in [2.75, 3.05) is 0 Å². The maximum Gasteiger partial charge on any atom is 0.292 e. The van der Waals surface area contributed by atoms with Crippen LogP contribution in [0.15, 0.2) is 0 Å². The third kappa shape index (κ3) is 6.07. The van der Waals surface area contributed by atoms with E-state index in [9.17, 15) is 0 Å². The van der Waals surface area contributed by atoms with E-state index in [0.29, 0.717) is 0 Å². The molecule has 0 bridgehead atoms. The van der Waals surface area contributed by atoms with Crippen LogP contribution in [0, 0.1) is 0 Å². The minimum Gasteiger partial charge on any atom is -0.393 e. The van der Waals surface area contributed by atoms with Crippen LogP contribution in [0.4, 0.5) is 0 Å². The summed E-state index contributed by atoms with van der Waals surface area (Å²) < 4.78 is 0. The maximum absolute atomic E-state index is 4.95. The molecular formula is CH7B3N3. The molecule has 0 rings (SSSR count). The van der Waals surface area contributed by atoms with Crippen LogP contribution in [-0.2, 0) is 0 Å². The van der Waals surface area contributed by atoms with Crippen LogP contribution >= 0.6 is 0 Å². The SMILES string of the molecule is C[B]N[B]N[B]N. The highest BCUT2D eigenvalue weighted by atomic mass is 14.8. The first-order valence-electron chi connectivity index (χ1n) is 2.07. The van der Waals surface area contributed by atoms with E-state index in [0.717, 1.165) is 0 Å². The maximum atomic E-state index is 4.95. The Labute approximate surface area is 46.3 Å². The van der Waals surface area contributed by atoms with Gasteiger partial charge in [-0.15, -0.1) is 0 Å². The summed E-state index contributed by atoms with van der Waals surface area (Å²) in [6.45, 7) is 1.88. The van der Waals surface area contributed by atoms with Crippen molar-refractivity contribution in [1.29, 1.82) is 0 Å². The lowest BCUT2D eigenvalue weighted by molar-refractivity contribution is 1.41. The molecule has 0 amide bonds. The summed E-state index contributed by atoms with van der Waals surface area (Å²) >= 11 is 0. The molecule has 0 aliphatic carbocycles. The number of hydrogen-bond donors (Lipinski definition) is 3. The van der Waals surface area contributed by atoms with Crippen LogP contribution in [0.2, 0.25) is 6.82 Å². The van der Waals surface area contributed by atoms with E-state index in [1.54, 1.807) is 15.0 Å². The second-order valence-electron chi connectivity index (χ2n) is 0.933. The molecular weight excluding hydrogens is 86.5 g/mol. The molecule has 0 unspecified atom stereocenters. The molecule has 0 aliphatic heterocycles. The highest BCUT2D eigenvalue weighted by Gasteiger charge is 1.83. The zero-order valence-electron chi connectivity index (χ0n) is 4.31. The highest BCUT2D eigenvalue weighted by molar-refractivity contribution is 6.55. The van der Waals surface area contributed by atoms with Gasteiger partial charge in [0.1, 0.15) is 0 Å². The Morgan fingerprint density at radius 3 is 2.57 bits per heavy atom. The van der Waals surface area contributed by atoms with Crippen LogP contribution in [0.3, 0.4) is 0 Å². The molecule has 0 saturated carbocycles. The third-order valence-corrected chi connectivity index (χ3v) is 0.430. The molecule has 3 radical (unpaired) electrons. The number of nitrogens with two attached hydrogens (primary N) is 1. The van der Waals surface area contributed by atoms with Gasteiger partial charge in [-0.3, -0.25) is 0 Å². The standard InChI is InChI=1S/CH7B3N3/c1-2-6-4-7-3-5/h6-7H,5H2,1H3. The molecule has 0 aromatic heterocycles. The van der Waals surface area contributed by atoms with Gasteiger partial charge in [-0.2, -0.15) is 0 Å². The minimum atomic E-state index is 1.34. The summed E-state index contributed by atoms with van der Waals surface area (Å²) in [6.07, 6.45) is 0. The molecule has 6 heteroatoms. The van der Waals surface area contributed by atoms with Crippen molar-refractivity contribution in [3.63, 3.8) is 0 Å². The van der Waals surface area contributed by atoms with E-state index in [4.69, 9.17) is 5.64 Å². The Kier molecular flexibility index (Phi) is 6.14. The van der Waals surface area contributed by atoms with Gasteiger partial charge in [0.05, 0.1) is 0 Å². The molecule has 4 N–H and O–H groups in total. The van der Waals surface area contributed by atoms with Gasteiger partial charge in [-0.1, -0.05) is 6.82 Å². The lowest BCUT2D eigenvalue weighted by Gasteiger charge is -1.92. The molecule has 0 spiro atoms. The molecule has 0 aliphatic rings. The Balaban J connectivity index is 2.45. The Hall–Kier alpha value is 0.0748. The van der Waals surface area contributed by atoms with Crippen molar-refractivity contribution in [3.05, 3.63) is 0 Å². The van der Waals surface area contributed by atoms with Crippen molar-refractivity contribution in [1.82, 2.24) is 10.3 Å². The minimum absolute atomic E-state index is 1.34. The first-order valence-corrected chi connectivity index (χ1v) is 2.07. The lowest BCUT2D eigenvalue weighted by atomic mass is 9.90. The predicted molar refractivity (Wildman–Crippen MR) is 33.6 cm³/mol. The van der Waals surface area contributed by atoms with E-state index in [-0.39, 0.29) is 0 Å². The zero-order valence-corrected chi connectivity index (χ0v) is 4.31. The molecule has 35 valence electrons. The topological polar surface area (TPSA) is 50.1 Å². The monoisotopic (exact) mass is 94.1 g/mol. The van der Waals surface area contributed by atoms with Crippen LogP contribution in [0.1, 0.15) is 0 Å². The van der Waals surface area contributed by atoms with Gasteiger partial charge >= 0.3 is 0 Å². The summed E-state index contributed by atoms with van der Waals surface area (Å²) in [5.74, 6) is 0. The van der Waals surface area contributed by atoms with Gasteiger partial charge in [-0.25, -0.2) is 0 Å². The molecule has 0 fully saturated rings. The van der Waals surface area contributed by atoms with Gasteiger partial charge in [0.2, 0.25) is 0 Å². The van der Waals surface area contributed by atoms with Crippen molar-refractivity contribution in [3.8, 4) is 0 Å². The summed E-state index contributed by atoms with van der Waals surface area (Å²) in [4.78, 5) is 0. The summed E-state index contributed by atoms with van der Waals surface area (Å²) in [7, 11) is 4.76. The fourth-order valence-electron chi connectivity index (χ4n) is 0.180. The summed E-state index contributed by atoms with van der Waals surface area (Å²) in [6, 6.07) is 0. The van der Waals surface area contributed by atoms with Crippen molar-refractivity contribution < 1.29 is 0 Å². The van der Waals surface area contributed by atoms with Crippen molar-refractivity contribution >= 4 is 22.5 Å². The Bertz CT molecular complexity index is 29.4. The quantitative estimate of drug-likeness (QED) is 0.275. The second-order valence-corrected chi connectivity index (χ2v) is 0.933. The van der Waals surface area contributed by atoms with E-state index >= 15 is 0 Å². The third-order valence-electron chi connectivity index (χ3n) is 0.430. The van der Waals surface area contributed by atoms with Crippen molar-refractivity contribution in [2.24, 2.45) is 5.64 Å². The largest absolute Gasteiger partial charge is 0.393 e. The van der Waals surface area contributed by atoms with Crippen LogP contribution in [0.5, 0.6) is 0 Å². The summed E-state index contributed by atoms with van der Waals surface area (Å²) in [5.41, 5.74) is 4.95. The molecule has 0 aromatic rings. The zero-order chi connectivity index (χ0) is 5.54. The highest BCUT2D eigenvalue weighted by Crippen LogP contribution is 1.38. The average molecular weight is 93.5 g/mol. The van der Waals surface area contributed by atoms with E-state index < -0.39 is 0 Å². The molecule has 3 nitrogen and oxygen atoms in total.